The molecule has 3 rings (SSSR count). The van der Waals surface area contributed by atoms with Crippen molar-refractivity contribution < 1.29 is 13.6 Å². The Kier molecular flexibility index (Phi) is 4.91. The van der Waals surface area contributed by atoms with Crippen molar-refractivity contribution >= 4 is 33.0 Å². The zero-order valence-electron chi connectivity index (χ0n) is 13.8. The van der Waals surface area contributed by atoms with Crippen LogP contribution in [0.15, 0.2) is 59.8 Å². The van der Waals surface area contributed by atoms with E-state index in [-0.39, 0.29) is 6.54 Å². The van der Waals surface area contributed by atoms with E-state index in [9.17, 15) is 8.42 Å². The molecule has 2 aromatic rings. The van der Waals surface area contributed by atoms with Gasteiger partial charge in [-0.15, -0.1) is 0 Å². The van der Waals surface area contributed by atoms with Crippen LogP contribution >= 0.6 is 0 Å². The van der Waals surface area contributed by atoms with Gasteiger partial charge in [0.1, 0.15) is 0 Å². The molecule has 2 aromatic carbocycles. The Morgan fingerprint density at radius 3 is 2.36 bits per heavy atom. The summed E-state index contributed by atoms with van der Waals surface area (Å²) in [7, 11) is -2.01. The third-order valence-corrected chi connectivity index (χ3v) is 5.80. The summed E-state index contributed by atoms with van der Waals surface area (Å²) in [5.41, 5.74) is 2.31. The second-order valence-corrected chi connectivity index (χ2v) is 7.32. The molecule has 0 unspecified atom stereocenters. The maximum atomic E-state index is 13.1. The second kappa shape index (κ2) is 7.12. The molecule has 1 aliphatic heterocycles. The van der Waals surface area contributed by atoms with Crippen LogP contribution in [0.25, 0.3) is 0 Å². The van der Waals surface area contributed by atoms with Crippen LogP contribution in [0.4, 0.5) is 17.1 Å². The molecule has 2 N–H and O–H groups in total. The predicted molar refractivity (Wildman–Crippen MR) is 99.1 cm³/mol. The van der Waals surface area contributed by atoms with Crippen molar-refractivity contribution in [1.29, 1.82) is 0 Å². The first-order valence-electron chi connectivity index (χ1n) is 7.91. The van der Waals surface area contributed by atoms with Crippen LogP contribution in [-0.2, 0) is 10.2 Å². The number of anilines is 3. The van der Waals surface area contributed by atoms with Gasteiger partial charge in [-0.05, 0) is 31.3 Å². The number of nitrogens with zero attached hydrogens (tertiary/aromatic N) is 3. The van der Waals surface area contributed by atoms with Gasteiger partial charge >= 0.3 is 10.2 Å². The van der Waals surface area contributed by atoms with E-state index in [4.69, 9.17) is 5.21 Å². The van der Waals surface area contributed by atoms with E-state index in [1.165, 1.54) is 8.61 Å². The number of para-hydroxylation sites is 3. The van der Waals surface area contributed by atoms with Crippen molar-refractivity contribution in [2.24, 2.45) is 5.16 Å². The number of fused-ring (bicyclic) bond motifs is 1. The summed E-state index contributed by atoms with van der Waals surface area (Å²) < 4.78 is 29.0. The minimum absolute atomic E-state index is 0.198. The molecule has 0 bridgehead atoms. The van der Waals surface area contributed by atoms with Gasteiger partial charge in [0.15, 0.2) is 0 Å². The third-order valence-electron chi connectivity index (χ3n) is 3.99. The summed E-state index contributed by atoms with van der Waals surface area (Å²) in [4.78, 5) is 0. The number of oxime groups is 1. The Morgan fingerprint density at radius 2 is 1.72 bits per heavy atom. The number of hydrogen-bond acceptors (Lipinski definition) is 5. The minimum atomic E-state index is -3.75. The first-order chi connectivity index (χ1) is 12.1. The molecule has 132 valence electrons. The summed E-state index contributed by atoms with van der Waals surface area (Å²) in [6.07, 6.45) is 0.327. The van der Waals surface area contributed by atoms with E-state index < -0.39 is 10.2 Å². The Bertz CT molecular complexity index is 868. The molecule has 0 aliphatic carbocycles. The van der Waals surface area contributed by atoms with Crippen molar-refractivity contribution in [2.45, 2.75) is 6.42 Å². The van der Waals surface area contributed by atoms with Crippen molar-refractivity contribution in [2.75, 3.05) is 28.7 Å². The first kappa shape index (κ1) is 17.2. The average Bonchev–Trinajstić information content (AvgIpc) is 2.85. The Balaban J connectivity index is 1.98. The Hall–Kier alpha value is -2.58. The van der Waals surface area contributed by atoms with E-state index in [1.54, 1.807) is 43.4 Å². The van der Waals surface area contributed by atoms with Gasteiger partial charge in [0.2, 0.25) is 0 Å². The molecule has 1 heterocycles. The Morgan fingerprint density at radius 1 is 1.08 bits per heavy atom. The number of nitrogens with one attached hydrogen (secondary N) is 1. The maximum Gasteiger partial charge on any atom is 0.330 e. The highest BCUT2D eigenvalue weighted by Gasteiger charge is 2.40. The molecule has 8 heteroatoms. The largest absolute Gasteiger partial charge is 0.411 e. The smallest absolute Gasteiger partial charge is 0.330 e. The van der Waals surface area contributed by atoms with Crippen molar-refractivity contribution in [1.82, 2.24) is 5.32 Å². The van der Waals surface area contributed by atoms with Crippen LogP contribution in [0.2, 0.25) is 0 Å². The quantitative estimate of drug-likeness (QED) is 0.470. The van der Waals surface area contributed by atoms with Gasteiger partial charge in [0, 0.05) is 19.5 Å². The summed E-state index contributed by atoms with van der Waals surface area (Å²) in [6, 6.07) is 16.2. The molecule has 0 spiro atoms. The number of hydrogen-bond donors (Lipinski definition) is 2. The summed E-state index contributed by atoms with van der Waals surface area (Å²) >= 11 is 0. The van der Waals surface area contributed by atoms with Crippen LogP contribution in [0, 0.1) is 0 Å². The highest BCUT2D eigenvalue weighted by Crippen LogP contribution is 2.44. The number of rotatable bonds is 6. The van der Waals surface area contributed by atoms with Crippen LogP contribution in [0.1, 0.15) is 6.42 Å². The number of benzene rings is 2. The van der Waals surface area contributed by atoms with Crippen LogP contribution in [0.3, 0.4) is 0 Å². The lowest BCUT2D eigenvalue weighted by molar-refractivity contribution is 0.316. The molecule has 0 aromatic heterocycles. The monoisotopic (exact) mass is 360 g/mol. The summed E-state index contributed by atoms with van der Waals surface area (Å²) in [5, 5.41) is 15.2. The van der Waals surface area contributed by atoms with Gasteiger partial charge in [-0.3, -0.25) is 4.31 Å². The van der Waals surface area contributed by atoms with E-state index in [0.29, 0.717) is 35.7 Å². The lowest BCUT2D eigenvalue weighted by atomic mass is 10.2. The highest BCUT2D eigenvalue weighted by atomic mass is 32.2. The standard InChI is InChI=1S/C17H20N4O3S/c1-18-13-14(19-22)11-12-20-16-9-5-6-10-17(16)21(25(20,23)24)15-7-3-2-4-8-15/h2-10,18,22H,11-13H2,1H3. The van der Waals surface area contributed by atoms with Gasteiger partial charge in [-0.25, -0.2) is 4.31 Å². The maximum absolute atomic E-state index is 13.1. The Labute approximate surface area is 147 Å². The zero-order chi connectivity index (χ0) is 17.9. The molecule has 0 saturated heterocycles. The van der Waals surface area contributed by atoms with Gasteiger partial charge < -0.3 is 10.5 Å². The molecule has 0 amide bonds. The van der Waals surface area contributed by atoms with Gasteiger partial charge in [0.05, 0.1) is 22.8 Å². The molecule has 0 saturated carbocycles. The van der Waals surface area contributed by atoms with Crippen LogP contribution in [0.5, 0.6) is 0 Å². The van der Waals surface area contributed by atoms with Gasteiger partial charge in [-0.2, -0.15) is 8.42 Å². The van der Waals surface area contributed by atoms with Crippen molar-refractivity contribution in [3.8, 4) is 0 Å². The van der Waals surface area contributed by atoms with Crippen molar-refractivity contribution in [3.05, 3.63) is 54.6 Å². The average molecular weight is 360 g/mol. The molecule has 7 nitrogen and oxygen atoms in total. The SMILES string of the molecule is CNCC(CCN1c2ccccc2N(c2ccccc2)S1(=O)=O)=NO. The van der Waals surface area contributed by atoms with E-state index in [1.807, 2.05) is 18.2 Å². The molecular weight excluding hydrogens is 340 g/mol. The molecule has 25 heavy (non-hydrogen) atoms. The molecule has 1 aliphatic rings. The summed E-state index contributed by atoms with van der Waals surface area (Å²) in [6.45, 7) is 0.595. The fraction of sp³-hybridized carbons (Fsp3) is 0.235. The second-order valence-electron chi connectivity index (χ2n) is 5.62. The van der Waals surface area contributed by atoms with E-state index in [2.05, 4.69) is 10.5 Å². The molecule has 0 radical (unpaired) electrons. The first-order valence-corrected chi connectivity index (χ1v) is 9.30. The fourth-order valence-electron chi connectivity index (χ4n) is 2.87. The topological polar surface area (TPSA) is 85.2 Å². The zero-order valence-corrected chi connectivity index (χ0v) is 14.6. The van der Waals surface area contributed by atoms with Crippen LogP contribution in [-0.4, -0.2) is 39.5 Å². The molecular formula is C17H20N4O3S. The molecule has 0 atom stereocenters. The van der Waals surface area contributed by atoms with Gasteiger partial charge in [0.25, 0.3) is 0 Å². The highest BCUT2D eigenvalue weighted by molar-refractivity contribution is 7.95. The van der Waals surface area contributed by atoms with E-state index in [0.717, 1.165) is 0 Å². The predicted octanol–water partition coefficient (Wildman–Crippen LogP) is 2.33. The van der Waals surface area contributed by atoms with Gasteiger partial charge in [-0.1, -0.05) is 35.5 Å². The molecule has 0 fully saturated rings. The van der Waals surface area contributed by atoms with Crippen molar-refractivity contribution in [3.63, 3.8) is 0 Å². The summed E-state index contributed by atoms with van der Waals surface area (Å²) in [5.74, 6) is 0. The minimum Gasteiger partial charge on any atom is -0.411 e. The normalized spacial score (nSPS) is 16.1. The van der Waals surface area contributed by atoms with E-state index >= 15 is 0 Å². The third kappa shape index (κ3) is 3.18. The lowest BCUT2D eigenvalue weighted by Crippen LogP contribution is -2.37. The fourth-order valence-corrected chi connectivity index (χ4v) is 4.59. The lowest BCUT2D eigenvalue weighted by Gasteiger charge is -2.21. The van der Waals surface area contributed by atoms with Crippen LogP contribution < -0.4 is 13.9 Å².